The SMILES string of the molecule is Cc1cscc1-c1ccc([N+](=O)[O-])cc1. The van der Waals surface area contributed by atoms with Crippen LogP contribution >= 0.6 is 11.3 Å². The van der Waals surface area contributed by atoms with E-state index in [4.69, 9.17) is 0 Å². The predicted octanol–water partition coefficient (Wildman–Crippen LogP) is 3.63. The second-order valence-corrected chi connectivity index (χ2v) is 4.02. The number of hydrogen-bond acceptors (Lipinski definition) is 3. The van der Waals surface area contributed by atoms with Gasteiger partial charge in [-0.1, -0.05) is 0 Å². The lowest BCUT2D eigenvalue weighted by Crippen LogP contribution is -1.87. The molecule has 0 aliphatic heterocycles. The fourth-order valence-corrected chi connectivity index (χ4v) is 2.28. The van der Waals surface area contributed by atoms with Crippen molar-refractivity contribution in [3.05, 3.63) is 50.7 Å². The van der Waals surface area contributed by atoms with Crippen LogP contribution in [-0.4, -0.2) is 4.92 Å². The Morgan fingerprint density at radius 3 is 2.33 bits per heavy atom. The van der Waals surface area contributed by atoms with Crippen LogP contribution in [0.3, 0.4) is 0 Å². The first-order valence-electron chi connectivity index (χ1n) is 4.46. The minimum atomic E-state index is -0.385. The summed E-state index contributed by atoms with van der Waals surface area (Å²) in [4.78, 5) is 10.1. The number of nitro benzene ring substituents is 1. The van der Waals surface area contributed by atoms with E-state index in [1.165, 1.54) is 17.7 Å². The van der Waals surface area contributed by atoms with Gasteiger partial charge in [-0.3, -0.25) is 10.1 Å². The Balaban J connectivity index is 2.40. The number of thiophene rings is 1. The summed E-state index contributed by atoms with van der Waals surface area (Å²) in [5.74, 6) is 0. The van der Waals surface area contributed by atoms with Crippen molar-refractivity contribution in [2.45, 2.75) is 6.92 Å². The second kappa shape index (κ2) is 3.82. The average Bonchev–Trinajstić information content (AvgIpc) is 2.65. The van der Waals surface area contributed by atoms with Gasteiger partial charge in [-0.25, -0.2) is 0 Å². The lowest BCUT2D eigenvalue weighted by Gasteiger charge is -1.99. The van der Waals surface area contributed by atoms with E-state index in [0.717, 1.165) is 11.1 Å². The second-order valence-electron chi connectivity index (χ2n) is 3.27. The maximum atomic E-state index is 10.5. The molecule has 4 heteroatoms. The molecule has 0 fully saturated rings. The van der Waals surface area contributed by atoms with E-state index in [1.807, 2.05) is 6.92 Å². The third-order valence-electron chi connectivity index (χ3n) is 2.24. The monoisotopic (exact) mass is 219 g/mol. The zero-order valence-electron chi connectivity index (χ0n) is 8.14. The summed E-state index contributed by atoms with van der Waals surface area (Å²) in [5, 5.41) is 14.6. The molecule has 1 aromatic carbocycles. The number of rotatable bonds is 2. The predicted molar refractivity (Wildman–Crippen MR) is 61.1 cm³/mol. The van der Waals surface area contributed by atoms with Crippen molar-refractivity contribution in [1.29, 1.82) is 0 Å². The largest absolute Gasteiger partial charge is 0.269 e. The van der Waals surface area contributed by atoms with Crippen molar-refractivity contribution in [2.24, 2.45) is 0 Å². The molecule has 0 aliphatic carbocycles. The lowest BCUT2D eigenvalue weighted by atomic mass is 10.1. The molecule has 0 saturated heterocycles. The molecule has 0 bridgehead atoms. The lowest BCUT2D eigenvalue weighted by molar-refractivity contribution is -0.384. The Hall–Kier alpha value is -1.68. The van der Waals surface area contributed by atoms with E-state index in [1.54, 1.807) is 23.5 Å². The maximum Gasteiger partial charge on any atom is 0.269 e. The normalized spacial score (nSPS) is 10.2. The van der Waals surface area contributed by atoms with Gasteiger partial charge < -0.3 is 0 Å². The summed E-state index contributed by atoms with van der Waals surface area (Å²) >= 11 is 1.64. The molecule has 1 heterocycles. The molecule has 0 radical (unpaired) electrons. The molecule has 0 amide bonds. The van der Waals surface area contributed by atoms with Gasteiger partial charge in [0.25, 0.3) is 5.69 Å². The molecule has 2 rings (SSSR count). The zero-order valence-corrected chi connectivity index (χ0v) is 8.95. The van der Waals surface area contributed by atoms with Crippen molar-refractivity contribution < 1.29 is 4.92 Å². The third kappa shape index (κ3) is 1.89. The van der Waals surface area contributed by atoms with Crippen molar-refractivity contribution >= 4 is 17.0 Å². The summed E-state index contributed by atoms with van der Waals surface area (Å²) in [6, 6.07) is 6.64. The third-order valence-corrected chi connectivity index (χ3v) is 3.11. The Morgan fingerprint density at radius 2 is 1.87 bits per heavy atom. The summed E-state index contributed by atoms with van der Waals surface area (Å²) in [7, 11) is 0. The topological polar surface area (TPSA) is 43.1 Å². The fourth-order valence-electron chi connectivity index (χ4n) is 1.42. The summed E-state index contributed by atoms with van der Waals surface area (Å²) < 4.78 is 0. The molecular weight excluding hydrogens is 210 g/mol. The van der Waals surface area contributed by atoms with Crippen LogP contribution in [-0.2, 0) is 0 Å². The van der Waals surface area contributed by atoms with Gasteiger partial charge in [0.15, 0.2) is 0 Å². The summed E-state index contributed by atoms with van der Waals surface area (Å²) in [5.41, 5.74) is 3.51. The first-order chi connectivity index (χ1) is 7.18. The number of aryl methyl sites for hydroxylation is 1. The number of non-ortho nitro benzene ring substituents is 1. The van der Waals surface area contributed by atoms with Gasteiger partial charge in [0, 0.05) is 12.1 Å². The number of benzene rings is 1. The molecule has 76 valence electrons. The fraction of sp³-hybridized carbons (Fsp3) is 0.0909. The van der Waals surface area contributed by atoms with E-state index in [-0.39, 0.29) is 10.6 Å². The highest BCUT2D eigenvalue weighted by Crippen LogP contribution is 2.27. The highest BCUT2D eigenvalue weighted by atomic mass is 32.1. The van der Waals surface area contributed by atoms with Gasteiger partial charge in [0.2, 0.25) is 0 Å². The Bertz CT molecular complexity index is 488. The molecule has 0 N–H and O–H groups in total. The maximum absolute atomic E-state index is 10.5. The van der Waals surface area contributed by atoms with Crippen LogP contribution in [0.1, 0.15) is 5.56 Å². The molecule has 0 atom stereocenters. The van der Waals surface area contributed by atoms with Crippen molar-refractivity contribution in [2.75, 3.05) is 0 Å². The minimum Gasteiger partial charge on any atom is -0.258 e. The molecule has 15 heavy (non-hydrogen) atoms. The van der Waals surface area contributed by atoms with Gasteiger partial charge in [-0.05, 0) is 46.5 Å². The van der Waals surface area contributed by atoms with Crippen molar-refractivity contribution in [3.63, 3.8) is 0 Å². The highest BCUT2D eigenvalue weighted by molar-refractivity contribution is 7.08. The van der Waals surface area contributed by atoms with Gasteiger partial charge in [0.05, 0.1) is 4.92 Å². The smallest absolute Gasteiger partial charge is 0.258 e. The van der Waals surface area contributed by atoms with Gasteiger partial charge in [-0.2, -0.15) is 11.3 Å². The number of nitro groups is 1. The standard InChI is InChI=1S/C11H9NO2S/c1-8-6-15-7-11(8)9-2-4-10(5-3-9)12(13)14/h2-7H,1H3. The van der Waals surface area contributed by atoms with Crippen LogP contribution in [0.4, 0.5) is 5.69 Å². The van der Waals surface area contributed by atoms with E-state index in [2.05, 4.69) is 10.8 Å². The van der Waals surface area contributed by atoms with Gasteiger partial charge in [-0.15, -0.1) is 0 Å². The van der Waals surface area contributed by atoms with E-state index < -0.39 is 0 Å². The highest BCUT2D eigenvalue weighted by Gasteiger charge is 2.06. The van der Waals surface area contributed by atoms with Crippen LogP contribution in [0.25, 0.3) is 11.1 Å². The average molecular weight is 219 g/mol. The Morgan fingerprint density at radius 1 is 1.20 bits per heavy atom. The van der Waals surface area contributed by atoms with Gasteiger partial charge in [0.1, 0.15) is 0 Å². The van der Waals surface area contributed by atoms with E-state index >= 15 is 0 Å². The van der Waals surface area contributed by atoms with Crippen LogP contribution in [0.5, 0.6) is 0 Å². The summed E-state index contributed by atoms with van der Waals surface area (Å²) in [6.45, 7) is 2.03. The molecule has 3 nitrogen and oxygen atoms in total. The van der Waals surface area contributed by atoms with Crippen LogP contribution in [0.2, 0.25) is 0 Å². The quantitative estimate of drug-likeness (QED) is 0.571. The molecule has 0 unspecified atom stereocenters. The van der Waals surface area contributed by atoms with Gasteiger partial charge >= 0.3 is 0 Å². The first kappa shape index (κ1) is 9.86. The van der Waals surface area contributed by atoms with Crippen molar-refractivity contribution in [3.8, 4) is 11.1 Å². The van der Waals surface area contributed by atoms with Crippen LogP contribution in [0, 0.1) is 17.0 Å². The molecule has 1 aromatic heterocycles. The van der Waals surface area contributed by atoms with E-state index in [0.29, 0.717) is 0 Å². The van der Waals surface area contributed by atoms with Crippen LogP contribution < -0.4 is 0 Å². The summed E-state index contributed by atoms with van der Waals surface area (Å²) in [6.07, 6.45) is 0. The Kier molecular flexibility index (Phi) is 2.51. The molecule has 0 spiro atoms. The molecule has 0 aliphatic rings. The zero-order chi connectivity index (χ0) is 10.8. The van der Waals surface area contributed by atoms with Crippen molar-refractivity contribution in [1.82, 2.24) is 0 Å². The first-order valence-corrected chi connectivity index (χ1v) is 5.40. The van der Waals surface area contributed by atoms with Crippen LogP contribution in [0.15, 0.2) is 35.0 Å². The molecule has 2 aromatic rings. The molecular formula is C11H9NO2S. The Labute approximate surface area is 91.1 Å². The number of nitrogens with zero attached hydrogens (tertiary/aromatic N) is 1. The molecule has 0 saturated carbocycles. The minimum absolute atomic E-state index is 0.131. The van der Waals surface area contributed by atoms with E-state index in [9.17, 15) is 10.1 Å². The number of hydrogen-bond donors (Lipinski definition) is 0.